The normalized spacial score (nSPS) is 19.6. The second-order valence-corrected chi connectivity index (χ2v) is 6.60. The highest BCUT2D eigenvalue weighted by atomic mass is 35.5. The highest BCUT2D eigenvalue weighted by Crippen LogP contribution is 2.31. The lowest BCUT2D eigenvalue weighted by molar-refractivity contribution is 0.207. The van der Waals surface area contributed by atoms with Crippen molar-refractivity contribution in [3.05, 3.63) is 52.9 Å². The summed E-state index contributed by atoms with van der Waals surface area (Å²) < 4.78 is 0. The van der Waals surface area contributed by atoms with Crippen molar-refractivity contribution in [1.29, 1.82) is 0 Å². The van der Waals surface area contributed by atoms with Crippen molar-refractivity contribution in [2.45, 2.75) is 12.6 Å². The monoisotopic (exact) mass is 320 g/mol. The SMILES string of the molecule is Nc1ccnc(CN2CCSC[C@@H]2c2ccc(Cl)cc2)n1. The van der Waals surface area contributed by atoms with Gasteiger partial charge < -0.3 is 5.73 Å². The zero-order valence-corrected chi connectivity index (χ0v) is 13.1. The third-order valence-corrected chi connectivity index (χ3v) is 4.84. The molecule has 1 saturated heterocycles. The van der Waals surface area contributed by atoms with Crippen molar-refractivity contribution < 1.29 is 0 Å². The predicted octanol–water partition coefficient (Wildman–Crippen LogP) is 3.00. The highest BCUT2D eigenvalue weighted by molar-refractivity contribution is 7.99. The second-order valence-electron chi connectivity index (χ2n) is 5.01. The molecule has 0 saturated carbocycles. The van der Waals surface area contributed by atoms with Crippen molar-refractivity contribution in [3.8, 4) is 0 Å². The smallest absolute Gasteiger partial charge is 0.144 e. The summed E-state index contributed by atoms with van der Waals surface area (Å²) in [5, 5.41) is 0.771. The molecule has 0 unspecified atom stereocenters. The summed E-state index contributed by atoms with van der Waals surface area (Å²) in [4.78, 5) is 11.0. The van der Waals surface area contributed by atoms with E-state index in [1.54, 1.807) is 12.3 Å². The Morgan fingerprint density at radius 1 is 1.29 bits per heavy atom. The Hall–Kier alpha value is -1.30. The molecular formula is C15H17ClN4S. The van der Waals surface area contributed by atoms with Crippen LogP contribution in [0.5, 0.6) is 0 Å². The van der Waals surface area contributed by atoms with Gasteiger partial charge in [0.25, 0.3) is 0 Å². The van der Waals surface area contributed by atoms with Crippen LogP contribution in [-0.4, -0.2) is 32.9 Å². The fourth-order valence-corrected chi connectivity index (χ4v) is 3.77. The summed E-state index contributed by atoms with van der Waals surface area (Å²) in [6, 6.07) is 10.2. The number of thioether (sulfide) groups is 1. The van der Waals surface area contributed by atoms with Crippen LogP contribution < -0.4 is 5.73 Å². The molecule has 0 radical (unpaired) electrons. The lowest BCUT2D eigenvalue weighted by Gasteiger charge is -2.35. The molecule has 0 amide bonds. The van der Waals surface area contributed by atoms with Crippen molar-refractivity contribution in [1.82, 2.24) is 14.9 Å². The number of rotatable bonds is 3. The first-order valence-corrected chi connectivity index (χ1v) is 8.40. The number of aromatic nitrogens is 2. The molecule has 0 bridgehead atoms. The average molecular weight is 321 g/mol. The molecule has 2 N–H and O–H groups in total. The Morgan fingerprint density at radius 2 is 2.10 bits per heavy atom. The zero-order chi connectivity index (χ0) is 14.7. The number of anilines is 1. The van der Waals surface area contributed by atoms with Crippen molar-refractivity contribution in [3.63, 3.8) is 0 Å². The third kappa shape index (κ3) is 3.67. The maximum Gasteiger partial charge on any atom is 0.144 e. The van der Waals surface area contributed by atoms with Crippen LogP contribution in [-0.2, 0) is 6.54 Å². The van der Waals surface area contributed by atoms with Gasteiger partial charge in [0.1, 0.15) is 11.6 Å². The molecule has 3 rings (SSSR count). The Balaban J connectivity index is 1.79. The van der Waals surface area contributed by atoms with Gasteiger partial charge in [0, 0.05) is 35.3 Å². The molecular weight excluding hydrogens is 304 g/mol. The van der Waals surface area contributed by atoms with Gasteiger partial charge in [0.05, 0.1) is 6.54 Å². The minimum absolute atomic E-state index is 0.367. The van der Waals surface area contributed by atoms with Gasteiger partial charge in [0.2, 0.25) is 0 Å². The molecule has 2 heterocycles. The van der Waals surface area contributed by atoms with Crippen LogP contribution >= 0.6 is 23.4 Å². The van der Waals surface area contributed by atoms with Gasteiger partial charge in [-0.05, 0) is 23.8 Å². The third-order valence-electron chi connectivity index (χ3n) is 3.57. The lowest BCUT2D eigenvalue weighted by Crippen LogP contribution is -2.36. The molecule has 2 aromatic rings. The van der Waals surface area contributed by atoms with Gasteiger partial charge in [0.15, 0.2) is 0 Å². The lowest BCUT2D eigenvalue weighted by atomic mass is 10.1. The van der Waals surface area contributed by atoms with Crippen LogP contribution in [0.15, 0.2) is 36.5 Å². The van der Waals surface area contributed by atoms with Crippen LogP contribution in [0.4, 0.5) is 5.82 Å². The maximum atomic E-state index is 5.98. The summed E-state index contributed by atoms with van der Waals surface area (Å²) in [5.41, 5.74) is 7.03. The number of nitrogens with two attached hydrogens (primary N) is 1. The van der Waals surface area contributed by atoms with Crippen LogP contribution in [0, 0.1) is 0 Å². The number of nitrogens with zero attached hydrogens (tertiary/aromatic N) is 3. The van der Waals surface area contributed by atoms with Crippen LogP contribution in [0.1, 0.15) is 17.4 Å². The van der Waals surface area contributed by atoms with E-state index >= 15 is 0 Å². The van der Waals surface area contributed by atoms with E-state index in [2.05, 4.69) is 27.0 Å². The van der Waals surface area contributed by atoms with Gasteiger partial charge >= 0.3 is 0 Å². The quantitative estimate of drug-likeness (QED) is 0.942. The number of hydrogen-bond acceptors (Lipinski definition) is 5. The van der Waals surface area contributed by atoms with Gasteiger partial charge in [-0.15, -0.1) is 0 Å². The minimum Gasteiger partial charge on any atom is -0.384 e. The van der Waals surface area contributed by atoms with Crippen LogP contribution in [0.25, 0.3) is 0 Å². The number of benzene rings is 1. The average Bonchev–Trinajstić information content (AvgIpc) is 2.49. The fourth-order valence-electron chi connectivity index (χ4n) is 2.49. The second kappa shape index (κ2) is 6.64. The molecule has 1 aromatic heterocycles. The molecule has 1 aromatic carbocycles. The molecule has 21 heavy (non-hydrogen) atoms. The molecule has 0 spiro atoms. The molecule has 1 atom stereocenters. The van der Waals surface area contributed by atoms with Crippen molar-refractivity contribution >= 4 is 29.2 Å². The van der Waals surface area contributed by atoms with E-state index in [0.29, 0.717) is 11.9 Å². The van der Waals surface area contributed by atoms with Gasteiger partial charge in [-0.2, -0.15) is 11.8 Å². The van der Waals surface area contributed by atoms with E-state index in [9.17, 15) is 0 Å². The van der Waals surface area contributed by atoms with E-state index in [1.807, 2.05) is 23.9 Å². The minimum atomic E-state index is 0.367. The molecule has 0 aliphatic carbocycles. The van der Waals surface area contributed by atoms with E-state index in [0.717, 1.165) is 35.4 Å². The first kappa shape index (κ1) is 14.6. The molecule has 1 aliphatic rings. The molecule has 6 heteroatoms. The maximum absolute atomic E-state index is 5.98. The number of halogens is 1. The van der Waals surface area contributed by atoms with E-state index in [-0.39, 0.29) is 0 Å². The number of hydrogen-bond donors (Lipinski definition) is 1. The van der Waals surface area contributed by atoms with Crippen molar-refractivity contribution in [2.24, 2.45) is 0 Å². The summed E-state index contributed by atoms with van der Waals surface area (Å²) in [5.74, 6) is 3.51. The Bertz CT molecular complexity index is 605. The van der Waals surface area contributed by atoms with Crippen LogP contribution in [0.2, 0.25) is 5.02 Å². The highest BCUT2D eigenvalue weighted by Gasteiger charge is 2.25. The first-order chi connectivity index (χ1) is 10.2. The topological polar surface area (TPSA) is 55.0 Å². The Labute approximate surface area is 133 Å². The Morgan fingerprint density at radius 3 is 2.86 bits per heavy atom. The molecule has 4 nitrogen and oxygen atoms in total. The summed E-state index contributed by atoms with van der Waals surface area (Å²) in [6.45, 7) is 1.75. The van der Waals surface area contributed by atoms with Crippen molar-refractivity contribution in [2.75, 3.05) is 23.8 Å². The summed E-state index contributed by atoms with van der Waals surface area (Å²) >= 11 is 7.96. The van der Waals surface area contributed by atoms with Gasteiger partial charge in [-0.3, -0.25) is 4.90 Å². The van der Waals surface area contributed by atoms with E-state index in [4.69, 9.17) is 17.3 Å². The summed E-state index contributed by atoms with van der Waals surface area (Å²) in [6.07, 6.45) is 1.72. The van der Waals surface area contributed by atoms with E-state index in [1.165, 1.54) is 5.56 Å². The zero-order valence-electron chi connectivity index (χ0n) is 11.6. The first-order valence-electron chi connectivity index (χ1n) is 6.87. The predicted molar refractivity (Wildman–Crippen MR) is 88.4 cm³/mol. The fraction of sp³-hybridized carbons (Fsp3) is 0.333. The number of nitrogen functional groups attached to an aromatic ring is 1. The van der Waals surface area contributed by atoms with Crippen LogP contribution in [0.3, 0.4) is 0 Å². The largest absolute Gasteiger partial charge is 0.384 e. The molecule has 1 aliphatic heterocycles. The molecule has 110 valence electrons. The molecule has 1 fully saturated rings. The Kier molecular flexibility index (Phi) is 4.63. The van der Waals surface area contributed by atoms with E-state index < -0.39 is 0 Å². The van der Waals surface area contributed by atoms with Gasteiger partial charge in [-0.25, -0.2) is 9.97 Å². The standard InChI is InChI=1S/C15H17ClN4S/c16-12-3-1-11(2-4-12)13-10-21-8-7-20(13)9-15-18-6-5-14(17)19-15/h1-6,13H,7-10H2,(H2,17,18,19)/t13-/m1/s1. The summed E-state index contributed by atoms with van der Waals surface area (Å²) in [7, 11) is 0. The van der Waals surface area contributed by atoms with Gasteiger partial charge in [-0.1, -0.05) is 23.7 Å².